The maximum Gasteiger partial charge on any atom is 0.295 e. The first kappa shape index (κ1) is 26.9. The molecule has 0 radical (unpaired) electrons. The molecular weight excluding hydrogens is 482 g/mol. The lowest BCUT2D eigenvalue weighted by Gasteiger charge is -2.25. The molecule has 1 unspecified atom stereocenters. The van der Waals surface area contributed by atoms with E-state index in [2.05, 4.69) is 6.92 Å². The average Bonchev–Trinajstić information content (AvgIpc) is 3.20. The van der Waals surface area contributed by atoms with Gasteiger partial charge in [-0.15, -0.1) is 0 Å². The van der Waals surface area contributed by atoms with Gasteiger partial charge in [-0.1, -0.05) is 67.9 Å². The molecule has 198 valence electrons. The summed E-state index contributed by atoms with van der Waals surface area (Å²) in [5.74, 6) is -0.395. The van der Waals surface area contributed by atoms with Gasteiger partial charge < -0.3 is 24.2 Å². The Morgan fingerprint density at radius 1 is 0.895 bits per heavy atom. The minimum atomic E-state index is -0.766. The highest BCUT2D eigenvalue weighted by Gasteiger charge is 2.45. The third-order valence-corrected chi connectivity index (χ3v) is 6.39. The number of nitrogens with zero attached hydrogens (tertiary/aromatic N) is 1. The van der Waals surface area contributed by atoms with Crippen LogP contribution >= 0.6 is 0 Å². The molecule has 0 spiro atoms. The fourth-order valence-corrected chi connectivity index (χ4v) is 4.36. The molecule has 7 heteroatoms. The van der Waals surface area contributed by atoms with Gasteiger partial charge in [0.1, 0.15) is 23.9 Å². The maximum atomic E-state index is 13.2. The second-order valence-corrected chi connectivity index (χ2v) is 9.06. The average molecular weight is 516 g/mol. The molecule has 1 saturated heterocycles. The highest BCUT2D eigenvalue weighted by Crippen LogP contribution is 2.40. The van der Waals surface area contributed by atoms with Gasteiger partial charge in [-0.2, -0.15) is 0 Å². The zero-order valence-corrected chi connectivity index (χ0v) is 21.8. The summed E-state index contributed by atoms with van der Waals surface area (Å²) in [5.41, 5.74) is 2.18. The topological polar surface area (TPSA) is 85.3 Å². The van der Waals surface area contributed by atoms with Crippen LogP contribution in [0.25, 0.3) is 5.76 Å². The lowest BCUT2D eigenvalue weighted by atomic mass is 9.95. The van der Waals surface area contributed by atoms with Gasteiger partial charge in [0, 0.05) is 19.2 Å². The van der Waals surface area contributed by atoms with Gasteiger partial charge >= 0.3 is 0 Å². The summed E-state index contributed by atoms with van der Waals surface area (Å²) in [7, 11) is 1.54. The van der Waals surface area contributed by atoms with E-state index in [1.165, 1.54) is 12.0 Å². The van der Waals surface area contributed by atoms with Crippen molar-refractivity contribution in [1.29, 1.82) is 0 Å². The summed E-state index contributed by atoms with van der Waals surface area (Å²) in [4.78, 5) is 27.7. The number of methoxy groups -OCH3 is 1. The Hall–Kier alpha value is -4.10. The van der Waals surface area contributed by atoms with Crippen LogP contribution in [-0.2, 0) is 20.9 Å². The molecule has 7 nitrogen and oxygen atoms in total. The van der Waals surface area contributed by atoms with E-state index in [-0.39, 0.29) is 24.5 Å². The molecule has 3 aromatic rings. The number of hydrogen-bond donors (Lipinski definition) is 1. The third-order valence-electron chi connectivity index (χ3n) is 6.39. The molecule has 0 saturated carbocycles. The summed E-state index contributed by atoms with van der Waals surface area (Å²) in [6.45, 7) is 3.51. The number of Topliss-reactive ketones (excluding diaryl/α,β-unsaturated/α-hetero) is 1. The van der Waals surface area contributed by atoms with Crippen LogP contribution in [0.1, 0.15) is 42.5 Å². The van der Waals surface area contributed by atoms with E-state index < -0.39 is 17.7 Å². The number of ketones is 1. The van der Waals surface area contributed by atoms with Crippen LogP contribution in [0.3, 0.4) is 0 Å². The molecule has 0 aromatic heterocycles. The van der Waals surface area contributed by atoms with Crippen molar-refractivity contribution in [3.63, 3.8) is 0 Å². The number of carbonyl (C=O) groups excluding carboxylic acids is 2. The maximum absolute atomic E-state index is 13.2. The normalized spacial score (nSPS) is 16.6. The van der Waals surface area contributed by atoms with E-state index in [1.807, 2.05) is 42.5 Å². The Kier molecular flexibility index (Phi) is 9.16. The quantitative estimate of drug-likeness (QED) is 0.148. The summed E-state index contributed by atoms with van der Waals surface area (Å²) < 4.78 is 16.9. The standard InChI is InChI=1S/C31H33NO6/c1-3-4-18-37-26-12-8-11-24(20-26)29(33)27-28(32(17-19-36-2)31(35)30(27)34)23-13-15-25(16-14-23)38-21-22-9-6-5-7-10-22/h5-16,20,28,33H,3-4,17-19,21H2,1-2H3/b29-27+. The molecule has 1 aliphatic heterocycles. The van der Waals surface area contributed by atoms with Gasteiger partial charge in [-0.05, 0) is 41.8 Å². The summed E-state index contributed by atoms with van der Waals surface area (Å²) >= 11 is 0. The molecule has 0 bridgehead atoms. The molecule has 1 N–H and O–H groups in total. The molecule has 0 aliphatic carbocycles. The molecular formula is C31H33NO6. The predicted molar refractivity (Wildman–Crippen MR) is 145 cm³/mol. The van der Waals surface area contributed by atoms with Crippen molar-refractivity contribution < 1.29 is 28.9 Å². The van der Waals surface area contributed by atoms with Gasteiger partial charge in [0.15, 0.2) is 0 Å². The first-order valence-corrected chi connectivity index (χ1v) is 12.8. The fraction of sp³-hybridized carbons (Fsp3) is 0.290. The molecule has 1 aliphatic rings. The van der Waals surface area contributed by atoms with Crippen molar-refractivity contribution in [2.75, 3.05) is 26.9 Å². The molecule has 1 heterocycles. The van der Waals surface area contributed by atoms with Gasteiger partial charge in [0.25, 0.3) is 11.7 Å². The van der Waals surface area contributed by atoms with E-state index >= 15 is 0 Å². The molecule has 3 aromatic carbocycles. The second kappa shape index (κ2) is 12.9. The first-order chi connectivity index (χ1) is 18.5. The number of unbranched alkanes of at least 4 members (excludes halogenated alkanes) is 1. The van der Waals surface area contributed by atoms with Gasteiger partial charge in [0.05, 0.1) is 24.8 Å². The third kappa shape index (κ3) is 6.23. The van der Waals surface area contributed by atoms with Crippen molar-refractivity contribution in [2.45, 2.75) is 32.4 Å². The number of benzene rings is 3. The van der Waals surface area contributed by atoms with Crippen molar-refractivity contribution in [3.05, 3.63) is 101 Å². The highest BCUT2D eigenvalue weighted by atomic mass is 16.5. The number of aliphatic hydroxyl groups excluding tert-OH is 1. The Bertz CT molecular complexity index is 1270. The van der Waals surface area contributed by atoms with Crippen LogP contribution in [-0.4, -0.2) is 48.6 Å². The van der Waals surface area contributed by atoms with Crippen molar-refractivity contribution >= 4 is 17.4 Å². The minimum Gasteiger partial charge on any atom is -0.507 e. The number of amides is 1. The zero-order chi connectivity index (χ0) is 26.9. The van der Waals surface area contributed by atoms with Crippen LogP contribution in [0.5, 0.6) is 11.5 Å². The lowest BCUT2D eigenvalue weighted by molar-refractivity contribution is -0.140. The van der Waals surface area contributed by atoms with E-state index in [4.69, 9.17) is 14.2 Å². The number of carbonyl (C=O) groups is 2. The van der Waals surface area contributed by atoms with Gasteiger partial charge in [0.2, 0.25) is 0 Å². The number of ether oxygens (including phenoxy) is 3. The van der Waals surface area contributed by atoms with Gasteiger partial charge in [-0.3, -0.25) is 9.59 Å². The molecule has 38 heavy (non-hydrogen) atoms. The first-order valence-electron chi connectivity index (χ1n) is 12.8. The highest BCUT2D eigenvalue weighted by molar-refractivity contribution is 6.46. The summed E-state index contributed by atoms with van der Waals surface area (Å²) in [6, 6.07) is 23.2. The number of rotatable bonds is 12. The van der Waals surface area contributed by atoms with E-state index in [0.717, 1.165) is 18.4 Å². The lowest BCUT2D eigenvalue weighted by Crippen LogP contribution is -2.32. The van der Waals surface area contributed by atoms with Gasteiger partial charge in [-0.25, -0.2) is 0 Å². The predicted octanol–water partition coefficient (Wildman–Crippen LogP) is 5.51. The van der Waals surface area contributed by atoms with Crippen LogP contribution < -0.4 is 9.47 Å². The monoisotopic (exact) mass is 515 g/mol. The molecule has 1 atom stereocenters. The molecule has 1 amide bonds. The smallest absolute Gasteiger partial charge is 0.295 e. The Morgan fingerprint density at radius 2 is 1.66 bits per heavy atom. The van der Waals surface area contributed by atoms with E-state index in [9.17, 15) is 14.7 Å². The number of aliphatic hydroxyl groups is 1. The number of likely N-dealkylation sites (tertiary alicyclic amines) is 1. The van der Waals surface area contributed by atoms with Crippen LogP contribution in [0.2, 0.25) is 0 Å². The second-order valence-electron chi connectivity index (χ2n) is 9.06. The van der Waals surface area contributed by atoms with Crippen molar-refractivity contribution in [1.82, 2.24) is 4.90 Å². The van der Waals surface area contributed by atoms with E-state index in [0.29, 0.717) is 35.8 Å². The van der Waals surface area contributed by atoms with Crippen LogP contribution in [0.15, 0.2) is 84.4 Å². The summed E-state index contributed by atoms with van der Waals surface area (Å²) in [5, 5.41) is 11.3. The molecule has 4 rings (SSSR count). The molecule has 1 fully saturated rings. The SMILES string of the molecule is CCCCOc1cccc(/C(O)=C2\C(=O)C(=O)N(CCOC)C2c2ccc(OCc3ccccc3)cc2)c1. The largest absolute Gasteiger partial charge is 0.507 e. The van der Waals surface area contributed by atoms with Crippen molar-refractivity contribution in [2.24, 2.45) is 0 Å². The van der Waals surface area contributed by atoms with Crippen LogP contribution in [0, 0.1) is 0 Å². The zero-order valence-electron chi connectivity index (χ0n) is 21.8. The fourth-order valence-electron chi connectivity index (χ4n) is 4.36. The summed E-state index contributed by atoms with van der Waals surface area (Å²) in [6.07, 6.45) is 1.91. The minimum absolute atomic E-state index is 0.0368. The van der Waals surface area contributed by atoms with Crippen LogP contribution in [0.4, 0.5) is 0 Å². The number of hydrogen-bond acceptors (Lipinski definition) is 6. The van der Waals surface area contributed by atoms with Crippen molar-refractivity contribution in [3.8, 4) is 11.5 Å². The Labute approximate surface area is 223 Å². The van der Waals surface area contributed by atoms with E-state index in [1.54, 1.807) is 36.4 Å². The Balaban J connectivity index is 1.65. The Morgan fingerprint density at radius 3 is 2.37 bits per heavy atom.